The number of methoxy groups -OCH3 is 1. The Bertz CT molecular complexity index is 423. The lowest BCUT2D eigenvalue weighted by atomic mass is 10.1. The Labute approximate surface area is 103 Å². The molecule has 1 N–H and O–H groups in total. The third-order valence-corrected chi connectivity index (χ3v) is 3.49. The predicted octanol–water partition coefficient (Wildman–Crippen LogP) is 1.51. The number of nitrogens with one attached hydrogen (secondary N) is 1. The monoisotopic (exact) mass is 255 g/mol. The maximum Gasteiger partial charge on any atom is 0.350 e. The van der Waals surface area contributed by atoms with E-state index >= 15 is 0 Å². The van der Waals surface area contributed by atoms with Crippen LogP contribution in [-0.2, 0) is 14.3 Å². The number of esters is 1. The highest BCUT2D eigenvalue weighted by Gasteiger charge is 2.25. The van der Waals surface area contributed by atoms with Gasteiger partial charge in [0.25, 0.3) is 0 Å². The van der Waals surface area contributed by atoms with Gasteiger partial charge in [-0.1, -0.05) is 0 Å². The largest absolute Gasteiger partial charge is 0.465 e. The molecule has 1 atom stereocenters. The zero-order valence-corrected chi connectivity index (χ0v) is 10.2. The highest BCUT2D eigenvalue weighted by molar-refractivity contribution is 7.12. The fourth-order valence-electron chi connectivity index (χ4n) is 1.63. The van der Waals surface area contributed by atoms with Crippen molar-refractivity contribution in [2.24, 2.45) is 5.92 Å². The molecule has 1 saturated heterocycles. The number of carbonyl (C=O) groups excluding carboxylic acids is 2. The topological polar surface area (TPSA) is 64.6 Å². The van der Waals surface area contributed by atoms with Crippen LogP contribution in [0.1, 0.15) is 16.1 Å². The average Bonchev–Trinajstić information content (AvgIpc) is 2.98. The minimum atomic E-state index is -0.432. The molecule has 5 nitrogen and oxygen atoms in total. The maximum atomic E-state index is 11.8. The summed E-state index contributed by atoms with van der Waals surface area (Å²) in [5.41, 5.74) is 0.513. The highest BCUT2D eigenvalue weighted by atomic mass is 32.1. The summed E-state index contributed by atoms with van der Waals surface area (Å²) in [6, 6.07) is 1.70. The molecule has 0 radical (unpaired) electrons. The van der Waals surface area contributed by atoms with E-state index in [1.165, 1.54) is 18.4 Å². The quantitative estimate of drug-likeness (QED) is 0.831. The smallest absolute Gasteiger partial charge is 0.350 e. The molecule has 0 aliphatic carbocycles. The van der Waals surface area contributed by atoms with E-state index in [-0.39, 0.29) is 11.8 Å². The van der Waals surface area contributed by atoms with E-state index in [4.69, 9.17) is 4.74 Å². The molecule has 17 heavy (non-hydrogen) atoms. The lowest BCUT2D eigenvalue weighted by molar-refractivity contribution is -0.119. The van der Waals surface area contributed by atoms with Crippen molar-refractivity contribution in [2.45, 2.75) is 6.42 Å². The Morgan fingerprint density at radius 2 is 2.41 bits per heavy atom. The lowest BCUT2D eigenvalue weighted by Crippen LogP contribution is -2.23. The van der Waals surface area contributed by atoms with Crippen molar-refractivity contribution >= 4 is 28.9 Å². The molecule has 0 aromatic carbocycles. The van der Waals surface area contributed by atoms with E-state index in [2.05, 4.69) is 10.1 Å². The van der Waals surface area contributed by atoms with Crippen molar-refractivity contribution in [1.29, 1.82) is 0 Å². The molecule has 6 heteroatoms. The van der Waals surface area contributed by atoms with Gasteiger partial charge in [-0.25, -0.2) is 4.79 Å². The molecule has 1 aliphatic heterocycles. The summed E-state index contributed by atoms with van der Waals surface area (Å²) in [4.78, 5) is 23.7. The van der Waals surface area contributed by atoms with E-state index in [0.717, 1.165) is 6.42 Å². The molecule has 1 fully saturated rings. The van der Waals surface area contributed by atoms with Gasteiger partial charge in [0, 0.05) is 6.61 Å². The Balaban J connectivity index is 2.05. The van der Waals surface area contributed by atoms with E-state index in [1.807, 2.05) is 0 Å². The van der Waals surface area contributed by atoms with Crippen LogP contribution < -0.4 is 5.32 Å². The van der Waals surface area contributed by atoms with Crippen LogP contribution in [0.15, 0.2) is 11.4 Å². The van der Waals surface area contributed by atoms with Gasteiger partial charge in [0.05, 0.1) is 25.3 Å². The summed E-state index contributed by atoms with van der Waals surface area (Å²) in [5.74, 6) is -0.663. The number of anilines is 1. The average molecular weight is 255 g/mol. The van der Waals surface area contributed by atoms with Crippen molar-refractivity contribution in [2.75, 3.05) is 25.6 Å². The molecule has 0 spiro atoms. The third kappa shape index (κ3) is 2.65. The lowest BCUT2D eigenvalue weighted by Gasteiger charge is -2.09. The van der Waals surface area contributed by atoms with Crippen molar-refractivity contribution in [3.63, 3.8) is 0 Å². The van der Waals surface area contributed by atoms with E-state index in [1.54, 1.807) is 11.4 Å². The highest BCUT2D eigenvalue weighted by Crippen LogP contribution is 2.24. The summed E-state index contributed by atoms with van der Waals surface area (Å²) in [7, 11) is 1.32. The number of ether oxygens (including phenoxy) is 2. The second-order valence-electron chi connectivity index (χ2n) is 3.70. The summed E-state index contributed by atoms with van der Waals surface area (Å²) in [5, 5.41) is 4.48. The van der Waals surface area contributed by atoms with E-state index in [0.29, 0.717) is 23.8 Å². The van der Waals surface area contributed by atoms with E-state index < -0.39 is 5.97 Å². The standard InChI is InChI=1S/C11H13NO4S/c1-15-11(14)9-8(3-5-17-9)12-10(13)7-2-4-16-6-7/h3,5,7H,2,4,6H2,1H3,(H,12,13). The molecule has 2 heterocycles. The summed E-state index contributed by atoms with van der Waals surface area (Å²) in [6.45, 7) is 1.06. The second-order valence-corrected chi connectivity index (χ2v) is 4.62. The van der Waals surface area contributed by atoms with Gasteiger partial charge in [0.1, 0.15) is 4.88 Å². The van der Waals surface area contributed by atoms with Crippen LogP contribution in [0.25, 0.3) is 0 Å². The Hall–Kier alpha value is -1.40. The van der Waals surface area contributed by atoms with Crippen molar-refractivity contribution in [3.8, 4) is 0 Å². The Kier molecular flexibility index (Phi) is 3.75. The fraction of sp³-hybridized carbons (Fsp3) is 0.455. The summed E-state index contributed by atoms with van der Waals surface area (Å²) in [6.07, 6.45) is 0.726. The van der Waals surface area contributed by atoms with Gasteiger partial charge in [0.15, 0.2) is 0 Å². The zero-order valence-electron chi connectivity index (χ0n) is 9.39. The summed E-state index contributed by atoms with van der Waals surface area (Å²) < 4.78 is 9.78. The van der Waals surface area contributed by atoms with Gasteiger partial charge < -0.3 is 14.8 Å². The van der Waals surface area contributed by atoms with E-state index in [9.17, 15) is 9.59 Å². The van der Waals surface area contributed by atoms with Crippen LogP contribution in [-0.4, -0.2) is 32.2 Å². The molecular weight excluding hydrogens is 242 g/mol. The molecule has 1 unspecified atom stereocenters. The van der Waals surface area contributed by atoms with Crippen molar-refractivity contribution in [1.82, 2.24) is 0 Å². The number of carbonyl (C=O) groups is 2. The first kappa shape index (κ1) is 12.1. The van der Waals surface area contributed by atoms with Crippen LogP contribution in [0.4, 0.5) is 5.69 Å². The molecule has 1 amide bonds. The fourth-order valence-corrected chi connectivity index (χ4v) is 2.40. The first-order chi connectivity index (χ1) is 8.22. The zero-order chi connectivity index (χ0) is 12.3. The van der Waals surface area contributed by atoms with Gasteiger partial charge in [-0.15, -0.1) is 11.3 Å². The Morgan fingerprint density at radius 1 is 1.59 bits per heavy atom. The molecule has 2 rings (SSSR count). The molecule has 1 aliphatic rings. The minimum Gasteiger partial charge on any atom is -0.465 e. The summed E-state index contributed by atoms with van der Waals surface area (Å²) >= 11 is 1.25. The molecule has 92 valence electrons. The molecule has 1 aromatic heterocycles. The number of amides is 1. The molecule has 0 saturated carbocycles. The number of thiophene rings is 1. The van der Waals surface area contributed by atoms with Crippen LogP contribution in [0.2, 0.25) is 0 Å². The molecule has 1 aromatic rings. The van der Waals surface area contributed by atoms with Gasteiger partial charge in [-0.05, 0) is 17.9 Å². The van der Waals surface area contributed by atoms with Gasteiger partial charge in [0.2, 0.25) is 5.91 Å². The minimum absolute atomic E-state index is 0.106. The number of hydrogen-bond acceptors (Lipinski definition) is 5. The first-order valence-corrected chi connectivity index (χ1v) is 6.14. The van der Waals surface area contributed by atoms with Gasteiger partial charge in [-0.2, -0.15) is 0 Å². The van der Waals surface area contributed by atoms with Crippen LogP contribution >= 0.6 is 11.3 Å². The van der Waals surface area contributed by atoms with Crippen LogP contribution in [0, 0.1) is 5.92 Å². The Morgan fingerprint density at radius 3 is 3.06 bits per heavy atom. The normalized spacial score (nSPS) is 19.0. The third-order valence-electron chi connectivity index (χ3n) is 2.59. The van der Waals surface area contributed by atoms with Crippen molar-refractivity contribution in [3.05, 3.63) is 16.3 Å². The SMILES string of the molecule is COC(=O)c1sccc1NC(=O)C1CCOC1. The van der Waals surface area contributed by atoms with Crippen LogP contribution in [0.5, 0.6) is 0 Å². The molecule has 0 bridgehead atoms. The van der Waals surface area contributed by atoms with Crippen LogP contribution in [0.3, 0.4) is 0 Å². The molecular formula is C11H13NO4S. The predicted molar refractivity (Wildman–Crippen MR) is 63.2 cm³/mol. The van der Waals surface area contributed by atoms with Gasteiger partial charge >= 0.3 is 5.97 Å². The number of hydrogen-bond donors (Lipinski definition) is 1. The number of rotatable bonds is 3. The first-order valence-electron chi connectivity index (χ1n) is 5.26. The maximum absolute atomic E-state index is 11.8. The second kappa shape index (κ2) is 5.29. The van der Waals surface area contributed by atoms with Crippen molar-refractivity contribution < 1.29 is 19.1 Å². The van der Waals surface area contributed by atoms with Gasteiger partial charge in [-0.3, -0.25) is 4.79 Å².